The van der Waals surface area contributed by atoms with Gasteiger partial charge >= 0.3 is 6.03 Å². The van der Waals surface area contributed by atoms with E-state index in [0.717, 1.165) is 20.0 Å². The molecule has 1 aliphatic heterocycles. The molecule has 10 heteroatoms. The molecule has 3 rings (SSSR count). The number of fused-ring (bicyclic) bond motifs is 1. The maximum Gasteiger partial charge on any atom is 0.329 e. The van der Waals surface area contributed by atoms with E-state index in [0.29, 0.717) is 5.69 Å². The summed E-state index contributed by atoms with van der Waals surface area (Å²) < 4.78 is 24.5. The highest BCUT2D eigenvalue weighted by molar-refractivity contribution is 7.89. The number of sulfonamides is 1. The van der Waals surface area contributed by atoms with Crippen molar-refractivity contribution in [3.05, 3.63) is 42.5 Å². The van der Waals surface area contributed by atoms with Crippen molar-refractivity contribution in [2.45, 2.75) is 12.5 Å². The molecular weight excluding hydrogens is 396 g/mol. The van der Waals surface area contributed by atoms with Gasteiger partial charge in [0.15, 0.2) is 0 Å². The highest BCUT2D eigenvalue weighted by atomic mass is 32.2. The van der Waals surface area contributed by atoms with Gasteiger partial charge in [-0.25, -0.2) is 22.4 Å². The third-order valence-corrected chi connectivity index (χ3v) is 6.49. The molecule has 0 aromatic heterocycles. The first-order chi connectivity index (χ1) is 13.7. The van der Waals surface area contributed by atoms with Gasteiger partial charge in [-0.2, -0.15) is 0 Å². The van der Waals surface area contributed by atoms with E-state index in [-0.39, 0.29) is 18.7 Å². The van der Waals surface area contributed by atoms with Crippen molar-refractivity contribution in [3.8, 4) is 0 Å². The quantitative estimate of drug-likeness (QED) is 0.641. The summed E-state index contributed by atoms with van der Waals surface area (Å²) >= 11 is 0. The van der Waals surface area contributed by atoms with Gasteiger partial charge in [0.1, 0.15) is 6.04 Å². The number of hydrogen-bond acceptors (Lipinski definition) is 5. The lowest BCUT2D eigenvalue weighted by Crippen LogP contribution is -2.39. The van der Waals surface area contributed by atoms with Crippen LogP contribution in [0.3, 0.4) is 0 Å². The second-order valence-electron chi connectivity index (χ2n) is 6.83. The molecular formula is C19H22N4O5S. The van der Waals surface area contributed by atoms with Crippen LogP contribution in [0.5, 0.6) is 0 Å². The van der Waals surface area contributed by atoms with E-state index >= 15 is 0 Å². The van der Waals surface area contributed by atoms with Crippen LogP contribution in [0, 0.1) is 0 Å². The van der Waals surface area contributed by atoms with Gasteiger partial charge in [0.2, 0.25) is 15.9 Å². The fraction of sp³-hybridized carbons (Fsp3) is 0.316. The van der Waals surface area contributed by atoms with Crippen LogP contribution >= 0.6 is 0 Å². The number of carbonyl (C=O) groups excluding carboxylic acids is 3. The normalized spacial score (nSPS) is 17.1. The highest BCUT2D eigenvalue weighted by Gasteiger charge is 2.40. The zero-order valence-corrected chi connectivity index (χ0v) is 16.9. The monoisotopic (exact) mass is 418 g/mol. The Labute approximate surface area is 168 Å². The maximum absolute atomic E-state index is 12.8. The van der Waals surface area contributed by atoms with E-state index in [1.54, 1.807) is 12.1 Å². The lowest BCUT2D eigenvalue weighted by molar-refractivity contribution is -0.125. The minimum absolute atomic E-state index is 0.0821. The third-order valence-electron chi connectivity index (χ3n) is 4.65. The second-order valence-corrected chi connectivity index (χ2v) is 9.13. The highest BCUT2D eigenvalue weighted by Crippen LogP contribution is 2.29. The van der Waals surface area contributed by atoms with Crippen molar-refractivity contribution in [3.63, 3.8) is 0 Å². The van der Waals surface area contributed by atoms with Gasteiger partial charge in [0.05, 0.1) is 17.9 Å². The number of rotatable bonds is 7. The SMILES string of the molecule is CN(C)S(=O)(=O)CCNC(=O)C[C@@H]1NC(=O)N(c2cccc3ccccc23)C1=O. The molecule has 1 atom stereocenters. The van der Waals surface area contributed by atoms with Crippen molar-refractivity contribution in [2.75, 3.05) is 31.3 Å². The molecule has 1 aliphatic rings. The molecule has 0 unspecified atom stereocenters. The standard InChI is InChI=1S/C19H22N4O5S/c1-22(2)29(27,28)11-10-20-17(24)12-15-18(25)23(19(26)21-15)16-9-5-7-13-6-3-4-8-14(13)16/h3-9,15H,10-12H2,1-2H3,(H,20,24)(H,21,26)/t15-/m0/s1. The maximum atomic E-state index is 12.8. The minimum atomic E-state index is -3.43. The molecule has 9 nitrogen and oxygen atoms in total. The van der Waals surface area contributed by atoms with Crippen LogP contribution in [-0.2, 0) is 19.6 Å². The Kier molecular flexibility index (Phi) is 5.85. The molecule has 2 N–H and O–H groups in total. The Morgan fingerprint density at radius 3 is 2.55 bits per heavy atom. The molecule has 0 saturated carbocycles. The van der Waals surface area contributed by atoms with E-state index in [1.165, 1.54) is 14.1 Å². The van der Waals surface area contributed by atoms with Crippen molar-refractivity contribution < 1.29 is 22.8 Å². The van der Waals surface area contributed by atoms with Crippen LogP contribution in [0.2, 0.25) is 0 Å². The molecule has 1 heterocycles. The summed E-state index contributed by atoms with van der Waals surface area (Å²) in [7, 11) is -0.616. The Morgan fingerprint density at radius 1 is 1.14 bits per heavy atom. The Bertz CT molecular complexity index is 1060. The number of urea groups is 1. The van der Waals surface area contributed by atoms with E-state index in [9.17, 15) is 22.8 Å². The van der Waals surface area contributed by atoms with E-state index in [2.05, 4.69) is 10.6 Å². The van der Waals surface area contributed by atoms with Crippen molar-refractivity contribution >= 4 is 44.3 Å². The summed E-state index contributed by atoms with van der Waals surface area (Å²) in [6.07, 6.45) is -0.270. The lowest BCUT2D eigenvalue weighted by atomic mass is 10.1. The van der Waals surface area contributed by atoms with Crippen molar-refractivity contribution in [1.29, 1.82) is 0 Å². The number of nitrogens with zero attached hydrogens (tertiary/aromatic N) is 2. The molecule has 0 spiro atoms. The fourth-order valence-corrected chi connectivity index (χ4v) is 3.79. The first-order valence-electron chi connectivity index (χ1n) is 9.00. The predicted octanol–water partition coefficient (Wildman–Crippen LogP) is 0.662. The average molecular weight is 418 g/mol. The summed E-state index contributed by atoms with van der Waals surface area (Å²) in [6, 6.07) is 11.1. The van der Waals surface area contributed by atoms with Gasteiger partial charge < -0.3 is 10.6 Å². The number of hydrogen-bond donors (Lipinski definition) is 2. The van der Waals surface area contributed by atoms with Crippen molar-refractivity contribution in [2.24, 2.45) is 0 Å². The number of amides is 4. The molecule has 2 aromatic carbocycles. The van der Waals surface area contributed by atoms with Gasteiger partial charge in [-0.1, -0.05) is 36.4 Å². The van der Waals surface area contributed by atoms with Crippen LogP contribution in [0.4, 0.5) is 10.5 Å². The third kappa shape index (κ3) is 4.38. The molecule has 2 aromatic rings. The Balaban J connectivity index is 1.67. The molecule has 0 aliphatic carbocycles. The zero-order chi connectivity index (χ0) is 21.2. The van der Waals surface area contributed by atoms with E-state index in [4.69, 9.17) is 0 Å². The van der Waals surface area contributed by atoms with Crippen LogP contribution in [0.15, 0.2) is 42.5 Å². The second kappa shape index (κ2) is 8.18. The predicted molar refractivity (Wildman–Crippen MR) is 109 cm³/mol. The molecule has 1 fully saturated rings. The summed E-state index contributed by atoms with van der Waals surface area (Å²) in [5.74, 6) is -1.29. The zero-order valence-electron chi connectivity index (χ0n) is 16.1. The topological polar surface area (TPSA) is 116 Å². The number of benzene rings is 2. The molecule has 29 heavy (non-hydrogen) atoms. The largest absolute Gasteiger partial charge is 0.355 e. The minimum Gasteiger partial charge on any atom is -0.355 e. The van der Waals surface area contributed by atoms with Crippen LogP contribution < -0.4 is 15.5 Å². The van der Waals surface area contributed by atoms with Gasteiger partial charge in [-0.3, -0.25) is 9.59 Å². The number of nitrogens with one attached hydrogen (secondary N) is 2. The number of carbonyl (C=O) groups is 3. The smallest absolute Gasteiger partial charge is 0.329 e. The van der Waals surface area contributed by atoms with Crippen molar-refractivity contribution in [1.82, 2.24) is 14.9 Å². The lowest BCUT2D eigenvalue weighted by Gasteiger charge is -2.15. The van der Waals surface area contributed by atoms with Crippen LogP contribution in [-0.4, -0.2) is 63.0 Å². The summed E-state index contributed by atoms with van der Waals surface area (Å²) in [5, 5.41) is 6.63. The van der Waals surface area contributed by atoms with E-state index in [1.807, 2.05) is 30.3 Å². The summed E-state index contributed by atoms with van der Waals surface area (Å²) in [5.41, 5.74) is 0.450. The van der Waals surface area contributed by atoms with E-state index < -0.39 is 33.9 Å². The average Bonchev–Trinajstić information content (AvgIpc) is 2.94. The Morgan fingerprint density at radius 2 is 1.83 bits per heavy atom. The van der Waals surface area contributed by atoms with Gasteiger partial charge in [0, 0.05) is 26.0 Å². The summed E-state index contributed by atoms with van der Waals surface area (Å²) in [6.45, 7) is -0.0821. The van der Waals surface area contributed by atoms with Crippen LogP contribution in [0.1, 0.15) is 6.42 Å². The molecule has 0 bridgehead atoms. The van der Waals surface area contributed by atoms with Gasteiger partial charge in [0.25, 0.3) is 5.91 Å². The molecule has 4 amide bonds. The Hall–Kier alpha value is -2.98. The number of imide groups is 1. The summed E-state index contributed by atoms with van der Waals surface area (Å²) in [4.78, 5) is 38.4. The molecule has 1 saturated heterocycles. The first-order valence-corrected chi connectivity index (χ1v) is 10.6. The fourth-order valence-electron chi connectivity index (χ4n) is 3.06. The molecule has 154 valence electrons. The van der Waals surface area contributed by atoms with Crippen LogP contribution in [0.25, 0.3) is 10.8 Å². The van der Waals surface area contributed by atoms with Gasteiger partial charge in [-0.05, 0) is 11.5 Å². The molecule has 0 radical (unpaired) electrons. The van der Waals surface area contributed by atoms with Gasteiger partial charge in [-0.15, -0.1) is 0 Å². The number of anilines is 1. The first kappa shape index (κ1) is 20.7.